The molecule has 0 aliphatic carbocycles. The molecule has 1 aliphatic rings. The topological polar surface area (TPSA) is 70.1 Å². The second kappa shape index (κ2) is 5.12. The number of fused-ring (bicyclic) bond motifs is 2. The number of rotatable bonds is 2. The average Bonchev–Trinajstić information content (AvgIpc) is 2.97. The third-order valence-electron chi connectivity index (χ3n) is 4.38. The van der Waals surface area contributed by atoms with Gasteiger partial charge in [-0.15, -0.1) is 0 Å². The maximum absolute atomic E-state index is 9.63. The van der Waals surface area contributed by atoms with Crippen molar-refractivity contribution in [1.82, 2.24) is 9.97 Å². The fourth-order valence-corrected chi connectivity index (χ4v) is 3.18. The molecule has 3 aromatic rings. The molecule has 1 atom stereocenters. The van der Waals surface area contributed by atoms with Gasteiger partial charge >= 0.3 is 0 Å². The van der Waals surface area contributed by atoms with Crippen LogP contribution in [0.4, 0.5) is 11.6 Å². The van der Waals surface area contributed by atoms with Crippen molar-refractivity contribution < 1.29 is 5.11 Å². The fourth-order valence-electron chi connectivity index (χ4n) is 3.18. The Morgan fingerprint density at radius 1 is 1.17 bits per heavy atom. The third kappa shape index (κ3) is 2.34. The molecule has 5 heteroatoms. The highest BCUT2D eigenvalue weighted by Crippen LogP contribution is 2.36. The molecule has 0 radical (unpaired) electrons. The predicted octanol–water partition coefficient (Wildman–Crippen LogP) is 3.39. The second-order valence-electron chi connectivity index (χ2n) is 5.90. The zero-order valence-electron chi connectivity index (χ0n) is 13.1. The summed E-state index contributed by atoms with van der Waals surface area (Å²) in [4.78, 5) is 8.96. The Morgan fingerprint density at radius 3 is 2.87 bits per heavy atom. The standard InChI is InChI=1S/C18H18N4O/c1-10-14-8-11(3-5-16(14)22-18(19-2)20-10)17-9-12-7-13(23)4-6-15(12)21-17/h3-8,17,21,23H,9H2,1-2H3,(H,19,20,22). The molecular weight excluding hydrogens is 288 g/mol. The molecule has 2 aromatic carbocycles. The molecule has 0 saturated carbocycles. The third-order valence-corrected chi connectivity index (χ3v) is 4.38. The molecule has 116 valence electrons. The number of aryl methyl sites for hydroxylation is 1. The largest absolute Gasteiger partial charge is 0.508 e. The van der Waals surface area contributed by atoms with E-state index in [0.29, 0.717) is 11.7 Å². The van der Waals surface area contributed by atoms with E-state index in [4.69, 9.17) is 0 Å². The number of hydrogen-bond donors (Lipinski definition) is 3. The molecule has 0 spiro atoms. The molecule has 2 heterocycles. The summed E-state index contributed by atoms with van der Waals surface area (Å²) < 4.78 is 0. The molecule has 1 aromatic heterocycles. The van der Waals surface area contributed by atoms with E-state index in [0.717, 1.165) is 34.3 Å². The summed E-state index contributed by atoms with van der Waals surface area (Å²) >= 11 is 0. The summed E-state index contributed by atoms with van der Waals surface area (Å²) in [7, 11) is 1.82. The van der Waals surface area contributed by atoms with Crippen LogP contribution in [0.5, 0.6) is 5.75 Å². The van der Waals surface area contributed by atoms with Gasteiger partial charge in [-0.2, -0.15) is 0 Å². The molecule has 5 nitrogen and oxygen atoms in total. The van der Waals surface area contributed by atoms with Crippen molar-refractivity contribution in [1.29, 1.82) is 0 Å². The van der Waals surface area contributed by atoms with Crippen LogP contribution in [0.15, 0.2) is 36.4 Å². The Kier molecular flexibility index (Phi) is 3.08. The molecule has 0 saturated heterocycles. The fraction of sp³-hybridized carbons (Fsp3) is 0.222. The lowest BCUT2D eigenvalue weighted by atomic mass is 10.0. The van der Waals surface area contributed by atoms with Gasteiger partial charge in [0, 0.05) is 18.1 Å². The molecule has 1 aliphatic heterocycles. The molecule has 0 amide bonds. The minimum absolute atomic E-state index is 0.208. The van der Waals surface area contributed by atoms with E-state index < -0.39 is 0 Å². The van der Waals surface area contributed by atoms with Crippen molar-refractivity contribution in [3.63, 3.8) is 0 Å². The van der Waals surface area contributed by atoms with Gasteiger partial charge in [0.15, 0.2) is 0 Å². The van der Waals surface area contributed by atoms with Gasteiger partial charge in [0.05, 0.1) is 17.3 Å². The summed E-state index contributed by atoms with van der Waals surface area (Å²) in [6, 6.07) is 12.0. The lowest BCUT2D eigenvalue weighted by molar-refractivity contribution is 0.475. The molecule has 1 unspecified atom stereocenters. The number of nitrogens with zero attached hydrogens (tertiary/aromatic N) is 2. The number of anilines is 2. The number of phenolic OH excluding ortho intramolecular Hbond substituents is 1. The van der Waals surface area contributed by atoms with Crippen molar-refractivity contribution >= 4 is 22.5 Å². The van der Waals surface area contributed by atoms with Crippen molar-refractivity contribution in [2.45, 2.75) is 19.4 Å². The minimum Gasteiger partial charge on any atom is -0.508 e. The van der Waals surface area contributed by atoms with E-state index in [-0.39, 0.29) is 6.04 Å². The molecule has 0 bridgehead atoms. The van der Waals surface area contributed by atoms with Crippen LogP contribution in [0.2, 0.25) is 0 Å². The average molecular weight is 306 g/mol. The normalized spacial score (nSPS) is 16.2. The highest BCUT2D eigenvalue weighted by molar-refractivity contribution is 5.83. The quantitative estimate of drug-likeness (QED) is 0.633. The van der Waals surface area contributed by atoms with Gasteiger partial charge in [0.2, 0.25) is 5.95 Å². The maximum atomic E-state index is 9.63. The van der Waals surface area contributed by atoms with Gasteiger partial charge in [0.25, 0.3) is 0 Å². The van der Waals surface area contributed by atoms with Crippen molar-refractivity contribution in [3.05, 3.63) is 53.2 Å². The van der Waals surface area contributed by atoms with Crippen LogP contribution in [-0.4, -0.2) is 22.1 Å². The number of aromatic nitrogens is 2. The van der Waals surface area contributed by atoms with E-state index in [1.807, 2.05) is 32.2 Å². The molecule has 23 heavy (non-hydrogen) atoms. The summed E-state index contributed by atoms with van der Waals surface area (Å²) in [5.74, 6) is 0.957. The lowest BCUT2D eigenvalue weighted by Crippen LogP contribution is -2.06. The summed E-state index contributed by atoms with van der Waals surface area (Å²) in [5, 5.41) is 17.2. The monoisotopic (exact) mass is 306 g/mol. The van der Waals surface area contributed by atoms with Crippen LogP contribution < -0.4 is 10.6 Å². The van der Waals surface area contributed by atoms with Crippen LogP contribution in [0.25, 0.3) is 10.9 Å². The number of aromatic hydroxyl groups is 1. The molecular formula is C18H18N4O. The smallest absolute Gasteiger partial charge is 0.223 e. The van der Waals surface area contributed by atoms with Gasteiger partial charge in [-0.1, -0.05) is 6.07 Å². The predicted molar refractivity (Wildman–Crippen MR) is 92.0 cm³/mol. The Balaban J connectivity index is 1.72. The zero-order valence-corrected chi connectivity index (χ0v) is 13.1. The highest BCUT2D eigenvalue weighted by Gasteiger charge is 2.22. The first-order valence-corrected chi connectivity index (χ1v) is 7.68. The SMILES string of the molecule is CNc1nc(C)c2cc(C3Cc4cc(O)ccc4N3)ccc2n1. The first kappa shape index (κ1) is 13.8. The van der Waals surface area contributed by atoms with Crippen molar-refractivity contribution in [2.75, 3.05) is 17.7 Å². The minimum atomic E-state index is 0.208. The van der Waals surface area contributed by atoms with E-state index in [2.05, 4.69) is 32.7 Å². The van der Waals surface area contributed by atoms with E-state index >= 15 is 0 Å². The van der Waals surface area contributed by atoms with Crippen LogP contribution in [-0.2, 0) is 6.42 Å². The van der Waals surface area contributed by atoms with Crippen molar-refractivity contribution in [2.24, 2.45) is 0 Å². The number of phenols is 1. The van der Waals surface area contributed by atoms with E-state index in [1.54, 1.807) is 6.07 Å². The first-order chi connectivity index (χ1) is 11.1. The first-order valence-electron chi connectivity index (χ1n) is 7.68. The van der Waals surface area contributed by atoms with Crippen LogP contribution in [0, 0.1) is 6.92 Å². The number of nitrogens with one attached hydrogen (secondary N) is 2. The maximum Gasteiger partial charge on any atom is 0.223 e. The Labute approximate surface area is 134 Å². The van der Waals surface area contributed by atoms with Crippen LogP contribution in [0.3, 0.4) is 0 Å². The lowest BCUT2D eigenvalue weighted by Gasteiger charge is -2.13. The Bertz CT molecular complexity index is 907. The van der Waals surface area contributed by atoms with E-state index in [9.17, 15) is 5.11 Å². The Hall–Kier alpha value is -2.82. The summed E-state index contributed by atoms with van der Waals surface area (Å²) in [6.45, 7) is 2.00. The van der Waals surface area contributed by atoms with Gasteiger partial charge in [0.1, 0.15) is 5.75 Å². The van der Waals surface area contributed by atoms with Gasteiger partial charge in [-0.3, -0.25) is 0 Å². The molecule has 4 rings (SSSR count). The number of benzene rings is 2. The molecule has 3 N–H and O–H groups in total. The number of hydrogen-bond acceptors (Lipinski definition) is 5. The van der Waals surface area contributed by atoms with E-state index in [1.165, 1.54) is 5.56 Å². The van der Waals surface area contributed by atoms with Crippen molar-refractivity contribution in [3.8, 4) is 5.75 Å². The van der Waals surface area contributed by atoms with Gasteiger partial charge in [-0.05, 0) is 54.8 Å². The summed E-state index contributed by atoms with van der Waals surface area (Å²) in [6.07, 6.45) is 0.865. The van der Waals surface area contributed by atoms with Crippen LogP contribution in [0.1, 0.15) is 22.9 Å². The zero-order chi connectivity index (χ0) is 16.0. The van der Waals surface area contributed by atoms with Crippen LogP contribution >= 0.6 is 0 Å². The highest BCUT2D eigenvalue weighted by atomic mass is 16.3. The van der Waals surface area contributed by atoms with Gasteiger partial charge in [-0.25, -0.2) is 9.97 Å². The van der Waals surface area contributed by atoms with Gasteiger partial charge < -0.3 is 15.7 Å². The second-order valence-corrected chi connectivity index (χ2v) is 5.90. The molecule has 0 fully saturated rings. The Morgan fingerprint density at radius 2 is 2.04 bits per heavy atom. The summed E-state index contributed by atoms with van der Waals surface area (Å²) in [5.41, 5.74) is 5.35.